The molecule has 2 unspecified atom stereocenters. The van der Waals surface area contributed by atoms with Gasteiger partial charge in [-0.25, -0.2) is 0 Å². The van der Waals surface area contributed by atoms with Gasteiger partial charge in [0.2, 0.25) is 0 Å². The molecule has 1 aromatic carbocycles. The summed E-state index contributed by atoms with van der Waals surface area (Å²) in [4.78, 5) is 2.38. The van der Waals surface area contributed by atoms with Crippen molar-refractivity contribution in [3.8, 4) is 0 Å². The SMILES string of the molecule is Cc1ccccc1C(C)N(C)CC1CNCCO1. The fourth-order valence-electron chi connectivity index (χ4n) is 2.51. The molecule has 1 heterocycles. The molecule has 0 aliphatic carbocycles. The number of likely N-dealkylation sites (N-methyl/N-ethyl adjacent to an activating group) is 1. The van der Waals surface area contributed by atoms with Crippen LogP contribution in [-0.2, 0) is 4.74 Å². The molecule has 2 rings (SSSR count). The number of aryl methyl sites for hydroxylation is 1. The van der Waals surface area contributed by atoms with Gasteiger partial charge in [0.05, 0.1) is 12.7 Å². The second-order valence-electron chi connectivity index (χ2n) is 5.17. The maximum absolute atomic E-state index is 5.76. The van der Waals surface area contributed by atoms with E-state index < -0.39 is 0 Å². The maximum atomic E-state index is 5.76. The first-order valence-corrected chi connectivity index (χ1v) is 6.76. The molecule has 2 atom stereocenters. The summed E-state index contributed by atoms with van der Waals surface area (Å²) >= 11 is 0. The van der Waals surface area contributed by atoms with Crippen molar-refractivity contribution in [2.45, 2.75) is 26.0 Å². The number of ether oxygens (including phenoxy) is 1. The van der Waals surface area contributed by atoms with E-state index in [2.05, 4.69) is 55.4 Å². The Hall–Kier alpha value is -0.900. The van der Waals surface area contributed by atoms with Crippen LogP contribution in [0.15, 0.2) is 24.3 Å². The van der Waals surface area contributed by atoms with Crippen LogP contribution < -0.4 is 5.32 Å². The Balaban J connectivity index is 1.95. The first-order valence-electron chi connectivity index (χ1n) is 6.76. The van der Waals surface area contributed by atoms with E-state index in [1.54, 1.807) is 0 Å². The van der Waals surface area contributed by atoms with E-state index >= 15 is 0 Å². The average Bonchev–Trinajstić information content (AvgIpc) is 2.39. The van der Waals surface area contributed by atoms with E-state index in [-0.39, 0.29) is 0 Å². The smallest absolute Gasteiger partial charge is 0.0826 e. The van der Waals surface area contributed by atoms with Gasteiger partial charge < -0.3 is 10.1 Å². The van der Waals surface area contributed by atoms with Crippen molar-refractivity contribution >= 4 is 0 Å². The van der Waals surface area contributed by atoms with Gasteiger partial charge in [0.15, 0.2) is 0 Å². The minimum absolute atomic E-state index is 0.315. The van der Waals surface area contributed by atoms with Crippen LogP contribution in [0.4, 0.5) is 0 Å². The zero-order valence-corrected chi connectivity index (χ0v) is 11.6. The van der Waals surface area contributed by atoms with Gasteiger partial charge in [-0.05, 0) is 32.0 Å². The number of hydrogen-bond donors (Lipinski definition) is 1. The van der Waals surface area contributed by atoms with E-state index in [0.29, 0.717) is 12.1 Å². The molecule has 1 fully saturated rings. The zero-order chi connectivity index (χ0) is 13.0. The van der Waals surface area contributed by atoms with Crippen LogP contribution in [0.2, 0.25) is 0 Å². The lowest BCUT2D eigenvalue weighted by atomic mass is 10.0. The monoisotopic (exact) mass is 248 g/mol. The third-order valence-electron chi connectivity index (χ3n) is 3.80. The number of hydrogen-bond acceptors (Lipinski definition) is 3. The largest absolute Gasteiger partial charge is 0.374 e. The molecular formula is C15H24N2O. The highest BCUT2D eigenvalue weighted by molar-refractivity contribution is 5.28. The van der Waals surface area contributed by atoms with Crippen molar-refractivity contribution in [1.82, 2.24) is 10.2 Å². The molecule has 0 amide bonds. The molecule has 3 nitrogen and oxygen atoms in total. The molecular weight excluding hydrogens is 224 g/mol. The predicted octanol–water partition coefficient (Wildman–Crippen LogP) is 1.98. The Labute approximate surface area is 110 Å². The maximum Gasteiger partial charge on any atom is 0.0826 e. The van der Waals surface area contributed by atoms with E-state index in [1.165, 1.54) is 11.1 Å². The second kappa shape index (κ2) is 6.32. The second-order valence-corrected chi connectivity index (χ2v) is 5.17. The van der Waals surface area contributed by atoms with Crippen LogP contribution in [0.3, 0.4) is 0 Å². The van der Waals surface area contributed by atoms with E-state index in [0.717, 1.165) is 26.2 Å². The number of nitrogens with one attached hydrogen (secondary N) is 1. The van der Waals surface area contributed by atoms with Gasteiger partial charge in [0.1, 0.15) is 0 Å². The molecule has 1 aliphatic heterocycles. The van der Waals surface area contributed by atoms with E-state index in [1.807, 2.05) is 0 Å². The Morgan fingerprint density at radius 3 is 2.89 bits per heavy atom. The van der Waals surface area contributed by atoms with Crippen LogP contribution in [0.25, 0.3) is 0 Å². The van der Waals surface area contributed by atoms with Crippen LogP contribution in [0.1, 0.15) is 24.1 Å². The number of benzene rings is 1. The zero-order valence-electron chi connectivity index (χ0n) is 11.6. The molecule has 0 aromatic heterocycles. The molecule has 100 valence electrons. The lowest BCUT2D eigenvalue weighted by molar-refractivity contribution is 0.00389. The fraction of sp³-hybridized carbons (Fsp3) is 0.600. The van der Waals surface area contributed by atoms with Gasteiger partial charge >= 0.3 is 0 Å². The lowest BCUT2D eigenvalue weighted by Gasteiger charge is -2.32. The standard InChI is InChI=1S/C15H24N2O/c1-12-6-4-5-7-15(12)13(2)17(3)11-14-10-16-8-9-18-14/h4-7,13-14,16H,8-11H2,1-3H3. The highest BCUT2D eigenvalue weighted by Gasteiger charge is 2.19. The number of rotatable bonds is 4. The van der Waals surface area contributed by atoms with Crippen LogP contribution in [0.5, 0.6) is 0 Å². The minimum Gasteiger partial charge on any atom is -0.374 e. The molecule has 1 saturated heterocycles. The Morgan fingerprint density at radius 1 is 1.44 bits per heavy atom. The molecule has 1 aromatic rings. The van der Waals surface area contributed by atoms with Crippen molar-refractivity contribution in [3.05, 3.63) is 35.4 Å². The molecule has 1 aliphatic rings. The topological polar surface area (TPSA) is 24.5 Å². The summed E-state index contributed by atoms with van der Waals surface area (Å²) in [5.41, 5.74) is 2.77. The quantitative estimate of drug-likeness (QED) is 0.882. The third-order valence-corrected chi connectivity index (χ3v) is 3.80. The molecule has 0 radical (unpaired) electrons. The first kappa shape index (κ1) is 13.5. The predicted molar refractivity (Wildman–Crippen MR) is 74.8 cm³/mol. The summed E-state index contributed by atoms with van der Waals surface area (Å²) in [6.45, 7) is 8.19. The van der Waals surface area contributed by atoms with Crippen molar-refractivity contribution < 1.29 is 4.74 Å². The summed E-state index contributed by atoms with van der Waals surface area (Å²) in [6, 6.07) is 9.04. The van der Waals surface area contributed by atoms with Gasteiger partial charge in [-0.2, -0.15) is 0 Å². The third kappa shape index (κ3) is 3.31. The highest BCUT2D eigenvalue weighted by atomic mass is 16.5. The molecule has 1 N–H and O–H groups in total. The number of nitrogens with zero attached hydrogens (tertiary/aromatic N) is 1. The molecule has 0 saturated carbocycles. The Kier molecular flexibility index (Phi) is 4.75. The van der Waals surface area contributed by atoms with Gasteiger partial charge in [-0.3, -0.25) is 4.90 Å². The summed E-state index contributed by atoms with van der Waals surface area (Å²) in [6.07, 6.45) is 0.315. The van der Waals surface area contributed by atoms with Crippen molar-refractivity contribution in [1.29, 1.82) is 0 Å². The van der Waals surface area contributed by atoms with Crippen LogP contribution in [-0.4, -0.2) is 44.3 Å². The molecule has 0 spiro atoms. The van der Waals surface area contributed by atoms with E-state index in [4.69, 9.17) is 4.74 Å². The van der Waals surface area contributed by atoms with Gasteiger partial charge in [-0.15, -0.1) is 0 Å². The van der Waals surface area contributed by atoms with Crippen LogP contribution in [0, 0.1) is 6.92 Å². The molecule has 18 heavy (non-hydrogen) atoms. The summed E-state index contributed by atoms with van der Waals surface area (Å²) < 4.78 is 5.76. The molecule has 0 bridgehead atoms. The first-order chi connectivity index (χ1) is 8.68. The fourth-order valence-corrected chi connectivity index (χ4v) is 2.51. The average molecular weight is 248 g/mol. The lowest BCUT2D eigenvalue weighted by Crippen LogP contribution is -2.44. The van der Waals surface area contributed by atoms with Crippen molar-refractivity contribution in [3.63, 3.8) is 0 Å². The summed E-state index contributed by atoms with van der Waals surface area (Å²) in [5.74, 6) is 0. The van der Waals surface area contributed by atoms with E-state index in [9.17, 15) is 0 Å². The Bertz CT molecular complexity index is 375. The summed E-state index contributed by atoms with van der Waals surface area (Å²) in [7, 11) is 2.18. The van der Waals surface area contributed by atoms with Gasteiger partial charge in [0, 0.05) is 25.7 Å². The Morgan fingerprint density at radius 2 is 2.22 bits per heavy atom. The van der Waals surface area contributed by atoms with Crippen molar-refractivity contribution in [2.75, 3.05) is 33.3 Å². The minimum atomic E-state index is 0.315. The van der Waals surface area contributed by atoms with Gasteiger partial charge in [0.25, 0.3) is 0 Å². The normalized spacial score (nSPS) is 22.1. The van der Waals surface area contributed by atoms with Gasteiger partial charge in [-0.1, -0.05) is 24.3 Å². The highest BCUT2D eigenvalue weighted by Crippen LogP contribution is 2.22. The molecule has 3 heteroatoms. The van der Waals surface area contributed by atoms with Crippen molar-refractivity contribution in [2.24, 2.45) is 0 Å². The summed E-state index contributed by atoms with van der Waals surface area (Å²) in [5, 5.41) is 3.38. The number of morpholine rings is 1. The van der Waals surface area contributed by atoms with Crippen LogP contribution >= 0.6 is 0 Å².